The van der Waals surface area contributed by atoms with Crippen LogP contribution < -0.4 is 0 Å². The summed E-state index contributed by atoms with van der Waals surface area (Å²) in [4.78, 5) is 8.87. The van der Waals surface area contributed by atoms with Gasteiger partial charge in [-0.05, 0) is 55.1 Å². The average molecular weight is 385 g/mol. The molecule has 0 amide bonds. The molecular formula is C22H25F2N3O. The van der Waals surface area contributed by atoms with Crippen molar-refractivity contribution in [3.8, 4) is 0 Å². The van der Waals surface area contributed by atoms with E-state index in [-0.39, 0.29) is 6.04 Å². The van der Waals surface area contributed by atoms with Crippen molar-refractivity contribution in [2.24, 2.45) is 4.99 Å². The molecule has 0 aliphatic carbocycles. The van der Waals surface area contributed by atoms with Gasteiger partial charge in [-0.1, -0.05) is 24.3 Å². The van der Waals surface area contributed by atoms with Gasteiger partial charge in [0.15, 0.2) is 0 Å². The Hall–Kier alpha value is -2.47. The van der Waals surface area contributed by atoms with Crippen molar-refractivity contribution >= 4 is 6.02 Å². The normalized spacial score (nSPS) is 21.0. The summed E-state index contributed by atoms with van der Waals surface area (Å²) in [6.45, 7) is 2.78. The molecule has 28 heavy (non-hydrogen) atoms. The lowest BCUT2D eigenvalue weighted by atomic mass is 9.88. The number of hydrogen-bond donors (Lipinski definition) is 0. The second-order valence-electron chi connectivity index (χ2n) is 7.47. The van der Waals surface area contributed by atoms with Crippen LogP contribution >= 0.6 is 0 Å². The number of fused-ring (bicyclic) bond motifs is 1. The quantitative estimate of drug-likeness (QED) is 0.744. The third kappa shape index (κ3) is 4.02. The topological polar surface area (TPSA) is 28.1 Å². The summed E-state index contributed by atoms with van der Waals surface area (Å²) < 4.78 is 34.1. The van der Waals surface area contributed by atoms with E-state index in [1.54, 1.807) is 0 Å². The van der Waals surface area contributed by atoms with E-state index in [4.69, 9.17) is 9.73 Å². The average Bonchev–Trinajstić information content (AvgIpc) is 2.78. The van der Waals surface area contributed by atoms with Gasteiger partial charge in [-0.3, -0.25) is 4.90 Å². The van der Waals surface area contributed by atoms with Crippen LogP contribution in [0.15, 0.2) is 47.5 Å². The van der Waals surface area contributed by atoms with Crippen LogP contribution in [0.5, 0.6) is 0 Å². The van der Waals surface area contributed by atoms with Gasteiger partial charge in [0.2, 0.25) is 0 Å². The third-order valence-corrected chi connectivity index (χ3v) is 5.34. The molecule has 4 rings (SSSR count). The van der Waals surface area contributed by atoms with Crippen molar-refractivity contribution in [3.63, 3.8) is 0 Å². The summed E-state index contributed by atoms with van der Waals surface area (Å²) in [6, 6.07) is 12.0. The van der Waals surface area contributed by atoms with E-state index in [0.717, 1.165) is 37.4 Å². The minimum absolute atomic E-state index is 0.333. The van der Waals surface area contributed by atoms with Gasteiger partial charge in [0.25, 0.3) is 6.02 Å². The summed E-state index contributed by atoms with van der Waals surface area (Å²) in [6.07, 6.45) is 2.89. The van der Waals surface area contributed by atoms with Gasteiger partial charge in [-0.25, -0.2) is 13.8 Å². The molecule has 2 aromatic carbocycles. The molecule has 148 valence electrons. The molecule has 2 aromatic rings. The summed E-state index contributed by atoms with van der Waals surface area (Å²) in [5.41, 5.74) is 2.80. The van der Waals surface area contributed by atoms with E-state index in [9.17, 15) is 8.78 Å². The van der Waals surface area contributed by atoms with Crippen molar-refractivity contribution in [3.05, 3.63) is 70.8 Å². The van der Waals surface area contributed by atoms with Crippen molar-refractivity contribution in [1.29, 1.82) is 0 Å². The Morgan fingerprint density at radius 1 is 1.04 bits per heavy atom. The lowest BCUT2D eigenvalue weighted by Gasteiger charge is -2.39. The Labute approximate surface area is 164 Å². The van der Waals surface area contributed by atoms with Gasteiger partial charge in [0, 0.05) is 25.7 Å². The lowest BCUT2D eigenvalue weighted by Crippen LogP contribution is -2.43. The number of ether oxygens (including phenoxy) is 1. The van der Waals surface area contributed by atoms with Gasteiger partial charge in [-0.15, -0.1) is 0 Å². The predicted molar refractivity (Wildman–Crippen MR) is 105 cm³/mol. The Morgan fingerprint density at radius 3 is 2.64 bits per heavy atom. The first kappa shape index (κ1) is 18.9. The third-order valence-electron chi connectivity index (χ3n) is 5.34. The van der Waals surface area contributed by atoms with Crippen molar-refractivity contribution in [1.82, 2.24) is 9.80 Å². The molecule has 0 saturated carbocycles. The number of aliphatic imine (C=N–C) groups is 1. The van der Waals surface area contributed by atoms with Crippen LogP contribution in [0.4, 0.5) is 8.78 Å². The zero-order valence-electron chi connectivity index (χ0n) is 16.1. The number of nitrogens with zero attached hydrogens (tertiary/aromatic N) is 3. The van der Waals surface area contributed by atoms with Gasteiger partial charge in [0.05, 0.1) is 6.04 Å². The lowest BCUT2D eigenvalue weighted by molar-refractivity contribution is 0.112. The molecule has 0 saturated heterocycles. The van der Waals surface area contributed by atoms with E-state index in [2.05, 4.69) is 15.9 Å². The Balaban J connectivity index is 1.76. The largest absolute Gasteiger partial charge is 0.449 e. The maximum atomic E-state index is 14.0. The van der Waals surface area contributed by atoms with E-state index >= 15 is 0 Å². The standard InChI is InChI=1S/C22H25F2N3O/c1-26-10-5-4-9-25-22(28-15-26)27-11-8-16-6-2-3-7-20(16)21(27)17-12-18(23)14-19(24)13-17/h2-3,6-7,12-14,21H,4-5,8-11,15H2,1H3/t21-/m1/s1. The van der Waals surface area contributed by atoms with E-state index < -0.39 is 11.6 Å². The van der Waals surface area contributed by atoms with Crippen LogP contribution in [0.3, 0.4) is 0 Å². The molecule has 1 atom stereocenters. The fourth-order valence-electron chi connectivity index (χ4n) is 3.99. The smallest absolute Gasteiger partial charge is 0.289 e. The van der Waals surface area contributed by atoms with Gasteiger partial charge >= 0.3 is 0 Å². The number of halogens is 2. The van der Waals surface area contributed by atoms with Crippen LogP contribution in [0.25, 0.3) is 0 Å². The van der Waals surface area contributed by atoms with Crippen molar-refractivity contribution in [2.45, 2.75) is 25.3 Å². The second kappa shape index (κ2) is 8.27. The molecule has 0 N–H and O–H groups in total. The molecule has 0 spiro atoms. The highest BCUT2D eigenvalue weighted by molar-refractivity contribution is 5.75. The first-order valence-electron chi connectivity index (χ1n) is 9.78. The molecule has 0 aromatic heterocycles. The highest BCUT2D eigenvalue weighted by atomic mass is 19.1. The molecule has 2 aliphatic heterocycles. The second-order valence-corrected chi connectivity index (χ2v) is 7.47. The highest BCUT2D eigenvalue weighted by Crippen LogP contribution is 2.36. The van der Waals surface area contributed by atoms with Crippen LogP contribution in [0.2, 0.25) is 0 Å². The monoisotopic (exact) mass is 385 g/mol. The molecule has 4 nitrogen and oxygen atoms in total. The number of amidine groups is 1. The number of benzene rings is 2. The summed E-state index contributed by atoms with van der Waals surface area (Å²) in [5, 5.41) is 0. The molecule has 0 unspecified atom stereocenters. The summed E-state index contributed by atoms with van der Waals surface area (Å²) in [7, 11) is 2.02. The van der Waals surface area contributed by atoms with E-state index in [1.165, 1.54) is 17.7 Å². The molecule has 2 aliphatic rings. The van der Waals surface area contributed by atoms with Crippen molar-refractivity contribution < 1.29 is 13.5 Å². The van der Waals surface area contributed by atoms with Crippen LogP contribution in [0.1, 0.15) is 35.6 Å². The van der Waals surface area contributed by atoms with Gasteiger partial charge in [0.1, 0.15) is 18.4 Å². The predicted octanol–water partition coefficient (Wildman–Crippen LogP) is 3.97. The Morgan fingerprint density at radius 2 is 1.82 bits per heavy atom. The molecule has 2 heterocycles. The van der Waals surface area contributed by atoms with Gasteiger partial charge < -0.3 is 9.64 Å². The minimum atomic E-state index is -0.574. The van der Waals surface area contributed by atoms with E-state index in [0.29, 0.717) is 31.4 Å². The number of hydrogen-bond acceptors (Lipinski definition) is 4. The first-order chi connectivity index (χ1) is 13.6. The minimum Gasteiger partial charge on any atom is -0.449 e. The maximum absolute atomic E-state index is 14.0. The van der Waals surface area contributed by atoms with Gasteiger partial charge in [-0.2, -0.15) is 0 Å². The Bertz CT molecular complexity index is 850. The fourth-order valence-corrected chi connectivity index (χ4v) is 3.99. The molecule has 0 radical (unpaired) electrons. The summed E-state index contributed by atoms with van der Waals surface area (Å²) in [5.74, 6) is -1.15. The molecule has 6 heteroatoms. The van der Waals surface area contributed by atoms with Crippen LogP contribution in [-0.4, -0.2) is 49.2 Å². The molecule has 0 fully saturated rings. The van der Waals surface area contributed by atoms with E-state index in [1.807, 2.05) is 25.2 Å². The number of rotatable bonds is 1. The molecular weight excluding hydrogens is 360 g/mol. The SMILES string of the molecule is CN1CCCCN=C(N2CCc3ccccc3[C@H]2c2cc(F)cc(F)c2)OC1. The van der Waals surface area contributed by atoms with Crippen LogP contribution in [-0.2, 0) is 11.2 Å². The maximum Gasteiger partial charge on any atom is 0.289 e. The fraction of sp³-hybridized carbons (Fsp3) is 0.409. The zero-order chi connectivity index (χ0) is 19.5. The van der Waals surface area contributed by atoms with Crippen molar-refractivity contribution in [2.75, 3.05) is 33.4 Å². The first-order valence-corrected chi connectivity index (χ1v) is 9.78. The Kier molecular flexibility index (Phi) is 5.57. The highest BCUT2D eigenvalue weighted by Gasteiger charge is 2.32. The summed E-state index contributed by atoms with van der Waals surface area (Å²) >= 11 is 0. The molecule has 0 bridgehead atoms. The zero-order valence-corrected chi connectivity index (χ0v) is 16.1. The van der Waals surface area contributed by atoms with Crippen LogP contribution in [0, 0.1) is 11.6 Å².